The second kappa shape index (κ2) is 9.08. The maximum absolute atomic E-state index is 10.4. The van der Waals surface area contributed by atoms with E-state index >= 15 is 0 Å². The minimum absolute atomic E-state index is 0.146. The summed E-state index contributed by atoms with van der Waals surface area (Å²) in [6.45, 7) is 2.26. The van der Waals surface area contributed by atoms with Gasteiger partial charge in [-0.3, -0.25) is 0 Å². The highest BCUT2D eigenvalue weighted by atomic mass is 16.5. The third-order valence-corrected chi connectivity index (χ3v) is 3.86. The maximum atomic E-state index is 10.4. The average Bonchev–Trinajstić information content (AvgIpc) is 2.54. The van der Waals surface area contributed by atoms with Gasteiger partial charge in [0.2, 0.25) is 0 Å². The van der Waals surface area contributed by atoms with Crippen molar-refractivity contribution in [1.29, 1.82) is 0 Å². The SMILES string of the molecule is COCCOc1ccc(OCC(O)CC2(O)CCOCC2)cc1. The van der Waals surface area contributed by atoms with Crippen LogP contribution in [0, 0.1) is 0 Å². The quantitative estimate of drug-likeness (QED) is 0.668. The first-order chi connectivity index (χ1) is 11.1. The molecule has 0 aliphatic carbocycles. The van der Waals surface area contributed by atoms with Crippen molar-refractivity contribution in [1.82, 2.24) is 0 Å². The fourth-order valence-electron chi connectivity index (χ4n) is 2.52. The van der Waals surface area contributed by atoms with E-state index in [1.54, 1.807) is 19.2 Å². The second-order valence-corrected chi connectivity index (χ2v) is 5.82. The highest BCUT2D eigenvalue weighted by Gasteiger charge is 2.32. The molecule has 2 N–H and O–H groups in total. The molecule has 1 heterocycles. The molecule has 1 saturated heterocycles. The molecule has 130 valence electrons. The first-order valence-electron chi connectivity index (χ1n) is 7.94. The first kappa shape index (κ1) is 18.0. The molecular formula is C17H26O6. The van der Waals surface area contributed by atoms with E-state index in [1.165, 1.54) is 0 Å². The molecule has 1 aromatic rings. The lowest BCUT2D eigenvalue weighted by atomic mass is 9.88. The number of aliphatic hydroxyl groups is 2. The van der Waals surface area contributed by atoms with Gasteiger partial charge in [-0.05, 0) is 37.1 Å². The van der Waals surface area contributed by atoms with Crippen molar-refractivity contribution in [2.75, 3.05) is 40.1 Å². The molecule has 1 aliphatic heterocycles. The summed E-state index contributed by atoms with van der Waals surface area (Å²) >= 11 is 0. The van der Waals surface area contributed by atoms with Crippen molar-refractivity contribution >= 4 is 0 Å². The van der Waals surface area contributed by atoms with Crippen molar-refractivity contribution in [3.8, 4) is 11.5 Å². The van der Waals surface area contributed by atoms with E-state index in [0.717, 1.165) is 5.75 Å². The summed E-state index contributed by atoms with van der Waals surface area (Å²) < 4.78 is 21.2. The van der Waals surface area contributed by atoms with E-state index < -0.39 is 11.7 Å². The van der Waals surface area contributed by atoms with Gasteiger partial charge in [-0.25, -0.2) is 0 Å². The van der Waals surface area contributed by atoms with Crippen molar-refractivity contribution in [2.24, 2.45) is 0 Å². The summed E-state index contributed by atoms with van der Waals surface area (Å²) in [5, 5.41) is 20.4. The molecule has 1 aliphatic rings. The molecule has 0 radical (unpaired) electrons. The smallest absolute Gasteiger partial charge is 0.119 e. The van der Waals surface area contributed by atoms with Crippen LogP contribution in [0.4, 0.5) is 0 Å². The molecule has 1 unspecified atom stereocenters. The number of hydrogen-bond donors (Lipinski definition) is 2. The standard InChI is InChI=1S/C17H26O6/c1-20-10-11-22-15-2-4-16(5-3-15)23-13-14(18)12-17(19)6-8-21-9-7-17/h2-5,14,18-19H,6-13H2,1H3. The van der Waals surface area contributed by atoms with E-state index in [9.17, 15) is 10.2 Å². The molecular weight excluding hydrogens is 300 g/mol. The van der Waals surface area contributed by atoms with Crippen molar-refractivity contribution in [3.05, 3.63) is 24.3 Å². The highest BCUT2D eigenvalue weighted by Crippen LogP contribution is 2.26. The molecule has 0 aromatic heterocycles. The third-order valence-electron chi connectivity index (χ3n) is 3.86. The van der Waals surface area contributed by atoms with Gasteiger partial charge < -0.3 is 29.2 Å². The molecule has 0 amide bonds. The largest absolute Gasteiger partial charge is 0.491 e. The molecule has 23 heavy (non-hydrogen) atoms. The van der Waals surface area contributed by atoms with Crippen LogP contribution in [0.25, 0.3) is 0 Å². The zero-order valence-electron chi connectivity index (χ0n) is 13.6. The van der Waals surface area contributed by atoms with E-state index in [4.69, 9.17) is 18.9 Å². The Bertz CT molecular complexity index is 441. The van der Waals surface area contributed by atoms with Crippen LogP contribution < -0.4 is 9.47 Å². The van der Waals surface area contributed by atoms with Gasteiger partial charge in [0.05, 0.1) is 18.3 Å². The predicted molar refractivity (Wildman–Crippen MR) is 84.9 cm³/mol. The Labute approximate surface area is 136 Å². The Kier molecular flexibility index (Phi) is 7.11. The third kappa shape index (κ3) is 6.35. The van der Waals surface area contributed by atoms with Gasteiger partial charge in [0, 0.05) is 26.7 Å². The molecule has 1 atom stereocenters. The number of methoxy groups -OCH3 is 1. The lowest BCUT2D eigenvalue weighted by Crippen LogP contribution is -2.40. The van der Waals surface area contributed by atoms with Crippen LogP contribution in [0.1, 0.15) is 19.3 Å². The lowest BCUT2D eigenvalue weighted by molar-refractivity contribution is -0.0906. The molecule has 0 spiro atoms. The number of rotatable bonds is 9. The number of hydrogen-bond acceptors (Lipinski definition) is 6. The van der Waals surface area contributed by atoms with E-state index in [2.05, 4.69) is 0 Å². The Morgan fingerprint density at radius 1 is 1.09 bits per heavy atom. The summed E-state index contributed by atoms with van der Waals surface area (Å²) in [6, 6.07) is 7.20. The fourth-order valence-corrected chi connectivity index (χ4v) is 2.52. The zero-order valence-corrected chi connectivity index (χ0v) is 13.6. The topological polar surface area (TPSA) is 77.4 Å². The molecule has 1 fully saturated rings. The summed E-state index contributed by atoms with van der Waals surface area (Å²) in [6.07, 6.45) is 0.694. The molecule has 2 rings (SSSR count). The number of benzene rings is 1. The van der Waals surface area contributed by atoms with Gasteiger partial charge in [0.1, 0.15) is 24.7 Å². The molecule has 1 aromatic carbocycles. The number of ether oxygens (including phenoxy) is 4. The molecule has 6 heteroatoms. The second-order valence-electron chi connectivity index (χ2n) is 5.82. The van der Waals surface area contributed by atoms with Crippen LogP contribution in [0.15, 0.2) is 24.3 Å². The minimum atomic E-state index is -0.847. The van der Waals surface area contributed by atoms with Crippen LogP contribution in [0.2, 0.25) is 0 Å². The Morgan fingerprint density at radius 2 is 1.70 bits per heavy atom. The van der Waals surface area contributed by atoms with E-state index in [1.807, 2.05) is 12.1 Å². The average molecular weight is 326 g/mol. The predicted octanol–water partition coefficient (Wildman–Crippen LogP) is 1.38. The van der Waals surface area contributed by atoms with Gasteiger partial charge in [-0.15, -0.1) is 0 Å². The zero-order chi connectivity index (χ0) is 16.5. The molecule has 6 nitrogen and oxygen atoms in total. The molecule has 0 saturated carbocycles. The van der Waals surface area contributed by atoms with Crippen molar-refractivity contribution < 1.29 is 29.2 Å². The van der Waals surface area contributed by atoms with Crippen LogP contribution in [0.5, 0.6) is 11.5 Å². The monoisotopic (exact) mass is 326 g/mol. The van der Waals surface area contributed by atoms with Crippen LogP contribution in [-0.2, 0) is 9.47 Å². The van der Waals surface area contributed by atoms with Crippen molar-refractivity contribution in [3.63, 3.8) is 0 Å². The summed E-state index contributed by atoms with van der Waals surface area (Å²) in [5.41, 5.74) is -0.847. The van der Waals surface area contributed by atoms with Gasteiger partial charge in [0.15, 0.2) is 0 Å². The van der Waals surface area contributed by atoms with Gasteiger partial charge >= 0.3 is 0 Å². The lowest BCUT2D eigenvalue weighted by Gasteiger charge is -2.33. The van der Waals surface area contributed by atoms with Crippen LogP contribution in [-0.4, -0.2) is 62.1 Å². The van der Waals surface area contributed by atoms with Gasteiger partial charge in [-0.2, -0.15) is 0 Å². The Morgan fingerprint density at radius 3 is 2.30 bits per heavy atom. The minimum Gasteiger partial charge on any atom is -0.491 e. The Hall–Kier alpha value is -1.34. The van der Waals surface area contributed by atoms with Crippen LogP contribution in [0.3, 0.4) is 0 Å². The summed E-state index contributed by atoms with van der Waals surface area (Å²) in [4.78, 5) is 0. The summed E-state index contributed by atoms with van der Waals surface area (Å²) in [5.74, 6) is 1.40. The highest BCUT2D eigenvalue weighted by molar-refractivity contribution is 5.31. The first-order valence-corrected chi connectivity index (χ1v) is 7.94. The molecule has 0 bridgehead atoms. The van der Waals surface area contributed by atoms with Gasteiger partial charge in [0.25, 0.3) is 0 Å². The van der Waals surface area contributed by atoms with Crippen molar-refractivity contribution in [2.45, 2.75) is 31.0 Å². The Balaban J connectivity index is 1.72. The summed E-state index contributed by atoms with van der Waals surface area (Å²) in [7, 11) is 1.63. The normalized spacial score (nSPS) is 18.4. The van der Waals surface area contributed by atoms with Gasteiger partial charge in [-0.1, -0.05) is 0 Å². The maximum Gasteiger partial charge on any atom is 0.119 e. The van der Waals surface area contributed by atoms with E-state index in [-0.39, 0.29) is 6.61 Å². The van der Waals surface area contributed by atoms with Crippen LogP contribution >= 0.6 is 0 Å². The fraction of sp³-hybridized carbons (Fsp3) is 0.647. The number of aliphatic hydroxyl groups excluding tert-OH is 1. The van der Waals surface area contributed by atoms with E-state index in [0.29, 0.717) is 51.4 Å².